The lowest BCUT2D eigenvalue weighted by Crippen LogP contribution is -2.49. The minimum absolute atomic E-state index is 0.172. The lowest BCUT2D eigenvalue weighted by Gasteiger charge is -2.36. The van der Waals surface area contributed by atoms with Crippen LogP contribution in [0.5, 0.6) is 0 Å². The zero-order valence-electron chi connectivity index (χ0n) is 17.6. The van der Waals surface area contributed by atoms with Crippen molar-refractivity contribution >= 4 is 17.8 Å². The number of esters is 1. The lowest BCUT2D eigenvalue weighted by atomic mass is 10.00. The number of rotatable bonds is 5. The summed E-state index contributed by atoms with van der Waals surface area (Å²) in [5.74, 6) is -1.35. The summed E-state index contributed by atoms with van der Waals surface area (Å²) in [6.07, 6.45) is 3.93. The second-order valence-corrected chi connectivity index (χ2v) is 8.81. The van der Waals surface area contributed by atoms with Crippen LogP contribution in [0, 0.1) is 0 Å². The number of carbonyl (C=O) groups is 3. The van der Waals surface area contributed by atoms with Crippen LogP contribution >= 0.6 is 0 Å². The second-order valence-electron chi connectivity index (χ2n) is 8.81. The molecular formula is C25H26N2O4. The number of fused-ring (bicyclic) bond motifs is 3. The van der Waals surface area contributed by atoms with Gasteiger partial charge in [-0.15, -0.1) is 0 Å². The van der Waals surface area contributed by atoms with Crippen LogP contribution in [0.3, 0.4) is 0 Å². The van der Waals surface area contributed by atoms with Crippen molar-refractivity contribution < 1.29 is 19.1 Å². The van der Waals surface area contributed by atoms with Crippen LogP contribution in [0.4, 0.5) is 0 Å². The number of carbonyl (C=O) groups excluding carboxylic acids is 3. The minimum atomic E-state index is -0.980. The van der Waals surface area contributed by atoms with Gasteiger partial charge in [-0.25, -0.2) is 4.79 Å². The lowest BCUT2D eigenvalue weighted by molar-refractivity contribution is -0.157. The number of piperidine rings is 1. The first-order valence-electron chi connectivity index (χ1n) is 11.0. The van der Waals surface area contributed by atoms with Gasteiger partial charge in [0.05, 0.1) is 11.1 Å². The molecule has 1 unspecified atom stereocenters. The Hall–Kier alpha value is -2.99. The molecule has 2 bridgehead atoms. The Labute approximate surface area is 181 Å². The van der Waals surface area contributed by atoms with E-state index in [1.165, 1.54) is 0 Å². The molecule has 5 rings (SSSR count). The largest absolute Gasteiger partial charge is 0.461 e. The van der Waals surface area contributed by atoms with Crippen molar-refractivity contribution in [3.8, 4) is 0 Å². The molecule has 0 saturated carbocycles. The highest BCUT2D eigenvalue weighted by molar-refractivity contribution is 6.22. The SMILES string of the molecule is CN1[C@@H]2CC[C@H]1CC(OC(=O)[C@H](Cc1ccccc1)N1C(=O)c3ccccc3C1=O)C2. The average Bonchev–Trinajstić information content (AvgIpc) is 3.13. The first kappa shape index (κ1) is 19.9. The molecule has 160 valence electrons. The predicted octanol–water partition coefficient (Wildman–Crippen LogP) is 3.06. The molecule has 3 aliphatic rings. The number of benzene rings is 2. The Kier molecular flexibility index (Phi) is 5.10. The van der Waals surface area contributed by atoms with E-state index in [1.807, 2.05) is 30.3 Å². The Balaban J connectivity index is 1.41. The van der Waals surface area contributed by atoms with E-state index >= 15 is 0 Å². The Morgan fingerprint density at radius 1 is 0.935 bits per heavy atom. The normalized spacial score (nSPS) is 26.1. The molecule has 2 saturated heterocycles. The van der Waals surface area contributed by atoms with Crippen molar-refractivity contribution in [1.29, 1.82) is 0 Å². The molecule has 6 heteroatoms. The standard InChI is InChI=1S/C25H26N2O4/c1-26-17-11-12-18(26)15-19(14-17)31-25(30)22(13-16-7-3-2-4-8-16)27-23(28)20-9-5-6-10-21(20)24(27)29/h2-10,17-19,22H,11-15H2,1H3/t17-,18+,19?,22-/m0/s1. The third kappa shape index (κ3) is 3.55. The van der Waals surface area contributed by atoms with Crippen molar-refractivity contribution in [3.63, 3.8) is 0 Å². The Bertz CT molecular complexity index is 972. The molecule has 2 fully saturated rings. The van der Waals surface area contributed by atoms with Gasteiger partial charge in [0.1, 0.15) is 12.1 Å². The van der Waals surface area contributed by atoms with Gasteiger partial charge in [0.15, 0.2) is 0 Å². The van der Waals surface area contributed by atoms with E-state index in [0.29, 0.717) is 23.2 Å². The highest BCUT2D eigenvalue weighted by Crippen LogP contribution is 2.36. The van der Waals surface area contributed by atoms with Gasteiger partial charge in [0.25, 0.3) is 11.8 Å². The van der Waals surface area contributed by atoms with Crippen molar-refractivity contribution in [2.24, 2.45) is 0 Å². The van der Waals surface area contributed by atoms with Crippen LogP contribution in [0.1, 0.15) is 52.0 Å². The van der Waals surface area contributed by atoms with Gasteiger partial charge in [0, 0.05) is 18.5 Å². The van der Waals surface area contributed by atoms with Gasteiger partial charge in [0.2, 0.25) is 0 Å². The van der Waals surface area contributed by atoms with Gasteiger partial charge < -0.3 is 9.64 Å². The first-order chi connectivity index (χ1) is 15.0. The average molecular weight is 418 g/mol. The molecule has 3 heterocycles. The summed E-state index contributed by atoms with van der Waals surface area (Å²) in [5, 5.41) is 0. The molecule has 6 nitrogen and oxygen atoms in total. The maximum absolute atomic E-state index is 13.4. The third-order valence-electron chi connectivity index (χ3n) is 7.02. The van der Waals surface area contributed by atoms with E-state index in [1.54, 1.807) is 24.3 Å². The highest BCUT2D eigenvalue weighted by Gasteiger charge is 2.45. The smallest absolute Gasteiger partial charge is 0.330 e. The fourth-order valence-electron chi connectivity index (χ4n) is 5.31. The van der Waals surface area contributed by atoms with E-state index < -0.39 is 23.8 Å². The van der Waals surface area contributed by atoms with E-state index in [4.69, 9.17) is 4.74 Å². The Morgan fingerprint density at radius 3 is 2.06 bits per heavy atom. The van der Waals surface area contributed by atoms with Gasteiger partial charge in [-0.05, 0) is 50.4 Å². The molecule has 31 heavy (non-hydrogen) atoms. The molecule has 0 spiro atoms. The van der Waals surface area contributed by atoms with Crippen LogP contribution in [0.25, 0.3) is 0 Å². The van der Waals surface area contributed by atoms with Crippen molar-refractivity contribution in [1.82, 2.24) is 9.80 Å². The van der Waals surface area contributed by atoms with E-state index in [-0.39, 0.29) is 12.5 Å². The summed E-state index contributed by atoms with van der Waals surface area (Å²) in [7, 11) is 2.14. The minimum Gasteiger partial charge on any atom is -0.461 e. The first-order valence-corrected chi connectivity index (χ1v) is 11.0. The summed E-state index contributed by atoms with van der Waals surface area (Å²) in [6, 6.07) is 16.1. The number of ether oxygens (including phenoxy) is 1. The summed E-state index contributed by atoms with van der Waals surface area (Å²) >= 11 is 0. The molecule has 0 radical (unpaired) electrons. The number of amides is 2. The topological polar surface area (TPSA) is 66.9 Å². The molecule has 0 N–H and O–H groups in total. The fourth-order valence-corrected chi connectivity index (χ4v) is 5.31. The van der Waals surface area contributed by atoms with Gasteiger partial charge in [-0.1, -0.05) is 42.5 Å². The number of nitrogens with zero attached hydrogens (tertiary/aromatic N) is 2. The quantitative estimate of drug-likeness (QED) is 0.552. The summed E-state index contributed by atoms with van der Waals surface area (Å²) in [4.78, 5) is 43.0. The van der Waals surface area contributed by atoms with Crippen LogP contribution in [-0.2, 0) is 16.0 Å². The van der Waals surface area contributed by atoms with Crippen LogP contribution in [-0.4, -0.2) is 58.9 Å². The van der Waals surface area contributed by atoms with E-state index in [2.05, 4.69) is 11.9 Å². The maximum Gasteiger partial charge on any atom is 0.330 e. The Morgan fingerprint density at radius 2 is 1.48 bits per heavy atom. The maximum atomic E-state index is 13.4. The molecule has 4 atom stereocenters. The molecule has 3 aliphatic heterocycles. The van der Waals surface area contributed by atoms with Crippen LogP contribution in [0.2, 0.25) is 0 Å². The molecule has 2 amide bonds. The predicted molar refractivity (Wildman–Crippen MR) is 115 cm³/mol. The van der Waals surface area contributed by atoms with Crippen LogP contribution < -0.4 is 0 Å². The molecule has 2 aromatic carbocycles. The molecule has 0 aliphatic carbocycles. The second kappa shape index (κ2) is 7.93. The van der Waals surface area contributed by atoms with Gasteiger partial charge >= 0.3 is 5.97 Å². The monoisotopic (exact) mass is 418 g/mol. The van der Waals surface area contributed by atoms with Crippen molar-refractivity contribution in [2.75, 3.05) is 7.05 Å². The highest BCUT2D eigenvalue weighted by atomic mass is 16.5. The number of hydrogen-bond acceptors (Lipinski definition) is 5. The van der Waals surface area contributed by atoms with Crippen LogP contribution in [0.15, 0.2) is 54.6 Å². The summed E-state index contributed by atoms with van der Waals surface area (Å²) in [6.45, 7) is 0. The van der Waals surface area contributed by atoms with Gasteiger partial charge in [-0.2, -0.15) is 0 Å². The molecule has 0 aromatic heterocycles. The zero-order chi connectivity index (χ0) is 21.5. The van der Waals surface area contributed by atoms with Gasteiger partial charge in [-0.3, -0.25) is 14.5 Å². The van der Waals surface area contributed by atoms with Crippen molar-refractivity contribution in [2.45, 2.75) is 56.3 Å². The zero-order valence-corrected chi connectivity index (χ0v) is 17.6. The van der Waals surface area contributed by atoms with E-state index in [0.717, 1.165) is 36.1 Å². The fraction of sp³-hybridized carbons (Fsp3) is 0.400. The number of hydrogen-bond donors (Lipinski definition) is 0. The van der Waals surface area contributed by atoms with Crippen molar-refractivity contribution in [3.05, 3.63) is 71.3 Å². The molecular weight excluding hydrogens is 392 g/mol. The third-order valence-corrected chi connectivity index (χ3v) is 7.02. The number of imide groups is 1. The summed E-state index contributed by atoms with van der Waals surface area (Å²) in [5.41, 5.74) is 1.57. The summed E-state index contributed by atoms with van der Waals surface area (Å²) < 4.78 is 5.95. The molecule has 2 aromatic rings. The van der Waals surface area contributed by atoms with E-state index in [9.17, 15) is 14.4 Å².